The van der Waals surface area contributed by atoms with Gasteiger partial charge in [-0.2, -0.15) is 0 Å². The molecule has 2 nitrogen and oxygen atoms in total. The minimum atomic E-state index is -0.340. The van der Waals surface area contributed by atoms with Gasteiger partial charge in [0.25, 0.3) is 0 Å². The van der Waals surface area contributed by atoms with Gasteiger partial charge in [-0.25, -0.2) is 4.79 Å². The second-order valence-electron chi connectivity index (χ2n) is 2.53. The van der Waals surface area contributed by atoms with Gasteiger partial charge < -0.3 is 4.74 Å². The van der Waals surface area contributed by atoms with Crippen molar-refractivity contribution in [1.29, 1.82) is 0 Å². The molecular weight excluding hydrogens is 176 g/mol. The van der Waals surface area contributed by atoms with Gasteiger partial charge in [0, 0.05) is 0 Å². The Hall–Kier alpha value is -2.01. The first-order chi connectivity index (χ1) is 6.84. The molecule has 0 saturated heterocycles. The Bertz CT molecular complexity index is 358. The first-order valence-corrected chi connectivity index (χ1v) is 4.18. The molecule has 0 aromatic heterocycles. The number of hydrogen-bond donors (Lipinski definition) is 0. The lowest BCUT2D eigenvalue weighted by molar-refractivity contribution is 0.0549. The first-order valence-electron chi connectivity index (χ1n) is 4.18. The van der Waals surface area contributed by atoms with Crippen molar-refractivity contribution in [3.63, 3.8) is 0 Å². The summed E-state index contributed by atoms with van der Waals surface area (Å²) in [5, 5.41) is 0. The number of esters is 1. The normalized spacial score (nSPS) is 9.64. The van der Waals surface area contributed by atoms with Gasteiger partial charge in [0.15, 0.2) is 0 Å². The molecule has 0 atom stereocenters. The van der Waals surface area contributed by atoms with Gasteiger partial charge in [0.2, 0.25) is 0 Å². The van der Waals surface area contributed by atoms with Crippen LogP contribution in [0.15, 0.2) is 42.5 Å². The Morgan fingerprint density at radius 2 is 2.14 bits per heavy atom. The van der Waals surface area contributed by atoms with Crippen LogP contribution in [-0.4, -0.2) is 12.6 Å². The summed E-state index contributed by atoms with van der Waals surface area (Å²) >= 11 is 0. The lowest BCUT2D eigenvalue weighted by Gasteiger charge is -2.00. The summed E-state index contributed by atoms with van der Waals surface area (Å²) in [6, 6.07) is 8.82. The van der Waals surface area contributed by atoms with Crippen molar-refractivity contribution in [3.8, 4) is 12.3 Å². The van der Waals surface area contributed by atoms with E-state index < -0.39 is 0 Å². The van der Waals surface area contributed by atoms with Gasteiger partial charge >= 0.3 is 5.97 Å². The Kier molecular flexibility index (Phi) is 4.03. The van der Waals surface area contributed by atoms with E-state index in [1.54, 1.807) is 30.3 Å². The third-order valence-corrected chi connectivity index (χ3v) is 1.53. The van der Waals surface area contributed by atoms with Crippen molar-refractivity contribution in [2.45, 2.75) is 0 Å². The van der Waals surface area contributed by atoms with Gasteiger partial charge in [0.05, 0.1) is 5.56 Å². The zero-order valence-corrected chi connectivity index (χ0v) is 7.64. The van der Waals surface area contributed by atoms with E-state index in [0.29, 0.717) is 5.56 Å². The van der Waals surface area contributed by atoms with Crippen LogP contribution in [-0.2, 0) is 4.74 Å². The Morgan fingerprint density at radius 1 is 1.43 bits per heavy atom. The number of ether oxygens (including phenoxy) is 1. The number of carbonyl (C=O) groups excluding carboxylic acids is 1. The molecule has 1 aromatic rings. The monoisotopic (exact) mass is 186 g/mol. The van der Waals surface area contributed by atoms with Gasteiger partial charge in [0.1, 0.15) is 6.61 Å². The molecule has 0 aliphatic rings. The number of terminal acetylenes is 1. The SMILES string of the molecule is C#C/C=C/COC(=O)c1ccccc1. The van der Waals surface area contributed by atoms with Crippen LogP contribution in [0.2, 0.25) is 0 Å². The molecular formula is C12H10O2. The van der Waals surface area contributed by atoms with Gasteiger partial charge in [-0.1, -0.05) is 24.1 Å². The van der Waals surface area contributed by atoms with E-state index >= 15 is 0 Å². The van der Waals surface area contributed by atoms with Crippen LogP contribution in [0.4, 0.5) is 0 Å². The predicted octanol–water partition coefficient (Wildman–Crippen LogP) is 2.03. The first kappa shape index (κ1) is 10.1. The second-order valence-corrected chi connectivity index (χ2v) is 2.53. The van der Waals surface area contributed by atoms with Crippen LogP contribution in [0.5, 0.6) is 0 Å². The smallest absolute Gasteiger partial charge is 0.338 e. The van der Waals surface area contributed by atoms with Crippen LogP contribution in [0, 0.1) is 12.3 Å². The average molecular weight is 186 g/mol. The maximum atomic E-state index is 11.3. The fourth-order valence-corrected chi connectivity index (χ4v) is 0.898. The molecule has 14 heavy (non-hydrogen) atoms. The molecule has 1 rings (SSSR count). The standard InChI is InChI=1S/C12H10O2/c1-2-3-7-10-14-12(13)11-8-5-4-6-9-11/h1,3-9H,10H2/b7-3+. The zero-order chi connectivity index (χ0) is 10.2. The molecule has 70 valence electrons. The summed E-state index contributed by atoms with van der Waals surface area (Å²) in [5.74, 6) is 1.97. The third-order valence-electron chi connectivity index (χ3n) is 1.53. The fraction of sp³-hybridized carbons (Fsp3) is 0.0833. The van der Waals surface area contributed by atoms with Crippen LogP contribution in [0.25, 0.3) is 0 Å². The molecule has 0 spiro atoms. The summed E-state index contributed by atoms with van der Waals surface area (Å²) < 4.78 is 4.91. The van der Waals surface area contributed by atoms with Crippen molar-refractivity contribution in [3.05, 3.63) is 48.0 Å². The molecule has 0 unspecified atom stereocenters. The highest BCUT2D eigenvalue weighted by Crippen LogP contribution is 2.00. The summed E-state index contributed by atoms with van der Waals surface area (Å²) in [7, 11) is 0. The van der Waals surface area contributed by atoms with Crippen molar-refractivity contribution in [1.82, 2.24) is 0 Å². The second kappa shape index (κ2) is 5.60. The number of rotatable bonds is 3. The summed E-state index contributed by atoms with van der Waals surface area (Å²) in [4.78, 5) is 11.3. The van der Waals surface area contributed by atoms with Gasteiger partial charge in [-0.3, -0.25) is 0 Å². The van der Waals surface area contributed by atoms with Crippen molar-refractivity contribution >= 4 is 5.97 Å². The Morgan fingerprint density at radius 3 is 2.79 bits per heavy atom. The summed E-state index contributed by atoms with van der Waals surface area (Å²) in [6.07, 6.45) is 8.09. The fourth-order valence-electron chi connectivity index (χ4n) is 0.898. The van der Waals surface area contributed by atoms with Gasteiger partial charge in [-0.05, 0) is 24.3 Å². The molecule has 0 saturated carbocycles. The Balaban J connectivity index is 2.45. The number of hydrogen-bond acceptors (Lipinski definition) is 2. The maximum Gasteiger partial charge on any atom is 0.338 e. The zero-order valence-electron chi connectivity index (χ0n) is 7.64. The molecule has 0 aliphatic carbocycles. The third kappa shape index (κ3) is 3.16. The minimum Gasteiger partial charge on any atom is -0.458 e. The molecule has 0 fully saturated rings. The van der Waals surface area contributed by atoms with Crippen molar-refractivity contribution < 1.29 is 9.53 Å². The molecule has 2 heteroatoms. The predicted molar refractivity (Wildman–Crippen MR) is 54.7 cm³/mol. The van der Waals surface area contributed by atoms with Crippen LogP contribution in [0.1, 0.15) is 10.4 Å². The highest BCUT2D eigenvalue weighted by atomic mass is 16.5. The summed E-state index contributed by atoms with van der Waals surface area (Å²) in [5.41, 5.74) is 0.543. The number of carbonyl (C=O) groups is 1. The number of benzene rings is 1. The van der Waals surface area contributed by atoms with E-state index in [4.69, 9.17) is 11.2 Å². The molecule has 0 amide bonds. The highest BCUT2D eigenvalue weighted by Gasteiger charge is 2.03. The number of allylic oxidation sites excluding steroid dienone is 1. The Labute approximate surface area is 83.2 Å². The van der Waals surface area contributed by atoms with E-state index in [2.05, 4.69) is 5.92 Å². The molecule has 0 bridgehead atoms. The van der Waals surface area contributed by atoms with Crippen molar-refractivity contribution in [2.75, 3.05) is 6.61 Å². The van der Waals surface area contributed by atoms with E-state index in [1.165, 1.54) is 6.08 Å². The molecule has 0 heterocycles. The maximum absolute atomic E-state index is 11.3. The van der Waals surface area contributed by atoms with E-state index in [-0.39, 0.29) is 12.6 Å². The van der Waals surface area contributed by atoms with E-state index in [0.717, 1.165) is 0 Å². The van der Waals surface area contributed by atoms with Crippen LogP contribution >= 0.6 is 0 Å². The largest absolute Gasteiger partial charge is 0.458 e. The van der Waals surface area contributed by atoms with Gasteiger partial charge in [-0.15, -0.1) is 6.42 Å². The molecule has 0 radical (unpaired) electrons. The van der Waals surface area contributed by atoms with E-state index in [9.17, 15) is 4.79 Å². The van der Waals surface area contributed by atoms with Crippen LogP contribution in [0.3, 0.4) is 0 Å². The lowest BCUT2D eigenvalue weighted by Crippen LogP contribution is -2.04. The highest BCUT2D eigenvalue weighted by molar-refractivity contribution is 5.89. The quantitative estimate of drug-likeness (QED) is 0.533. The topological polar surface area (TPSA) is 26.3 Å². The molecule has 0 aliphatic heterocycles. The molecule has 1 aromatic carbocycles. The van der Waals surface area contributed by atoms with Crippen LogP contribution < -0.4 is 0 Å². The average Bonchev–Trinajstić information content (AvgIpc) is 2.25. The molecule has 0 N–H and O–H groups in total. The summed E-state index contributed by atoms with van der Waals surface area (Å²) in [6.45, 7) is 0.206. The van der Waals surface area contributed by atoms with E-state index in [1.807, 2.05) is 6.07 Å². The van der Waals surface area contributed by atoms with Crippen molar-refractivity contribution in [2.24, 2.45) is 0 Å². The lowest BCUT2D eigenvalue weighted by atomic mass is 10.2. The minimum absolute atomic E-state index is 0.206.